The Morgan fingerprint density at radius 3 is 2.60 bits per heavy atom. The number of rotatable bonds is 3. The second-order valence-electron chi connectivity index (χ2n) is 5.42. The van der Waals surface area contributed by atoms with Gasteiger partial charge in [0.1, 0.15) is 0 Å². The highest BCUT2D eigenvalue weighted by Crippen LogP contribution is 2.30. The van der Waals surface area contributed by atoms with Crippen LogP contribution in [0.15, 0.2) is 0 Å². The Hall–Kier alpha value is -0.570. The number of hydrogen-bond donors (Lipinski definition) is 1. The van der Waals surface area contributed by atoms with Gasteiger partial charge in [-0.25, -0.2) is 0 Å². The second-order valence-corrected chi connectivity index (χ2v) is 5.42. The lowest BCUT2D eigenvalue weighted by Gasteiger charge is -2.41. The lowest BCUT2D eigenvalue weighted by Crippen LogP contribution is -2.49. The molecule has 0 aromatic rings. The third-order valence-corrected chi connectivity index (χ3v) is 3.32. The summed E-state index contributed by atoms with van der Waals surface area (Å²) < 4.78 is 0. The van der Waals surface area contributed by atoms with Crippen molar-refractivity contribution in [1.82, 2.24) is 4.90 Å². The first-order valence-electron chi connectivity index (χ1n) is 5.84. The molecule has 0 amide bonds. The minimum absolute atomic E-state index is 0.179. The molecule has 0 saturated carbocycles. The molecule has 3 nitrogen and oxygen atoms in total. The molecule has 3 atom stereocenters. The van der Waals surface area contributed by atoms with E-state index in [1.165, 1.54) is 0 Å². The second kappa shape index (κ2) is 4.97. The van der Waals surface area contributed by atoms with E-state index in [4.69, 9.17) is 0 Å². The predicted octanol–water partition coefficient (Wildman–Crippen LogP) is 2.07. The van der Waals surface area contributed by atoms with Gasteiger partial charge in [-0.3, -0.25) is 4.79 Å². The summed E-state index contributed by atoms with van der Waals surface area (Å²) in [6.07, 6.45) is 1.82. The molecule has 0 radical (unpaired) electrons. The molecule has 3 unspecified atom stereocenters. The van der Waals surface area contributed by atoms with Crippen molar-refractivity contribution in [2.45, 2.75) is 39.7 Å². The van der Waals surface area contributed by atoms with Crippen LogP contribution < -0.4 is 0 Å². The van der Waals surface area contributed by atoms with E-state index >= 15 is 0 Å². The van der Waals surface area contributed by atoms with E-state index in [2.05, 4.69) is 32.7 Å². The van der Waals surface area contributed by atoms with Gasteiger partial charge in [-0.1, -0.05) is 20.8 Å². The quantitative estimate of drug-likeness (QED) is 0.780. The molecule has 0 aliphatic carbocycles. The van der Waals surface area contributed by atoms with Crippen LogP contribution in [0.25, 0.3) is 0 Å². The minimum Gasteiger partial charge on any atom is -0.481 e. The van der Waals surface area contributed by atoms with E-state index in [1.54, 1.807) is 0 Å². The molecule has 1 aliphatic heterocycles. The maximum atomic E-state index is 11.2. The van der Waals surface area contributed by atoms with Crippen LogP contribution in [0.4, 0.5) is 0 Å². The van der Waals surface area contributed by atoms with Crippen LogP contribution in [0.1, 0.15) is 33.6 Å². The van der Waals surface area contributed by atoms with Crippen molar-refractivity contribution in [3.05, 3.63) is 0 Å². The summed E-state index contributed by atoms with van der Waals surface area (Å²) in [5.41, 5.74) is 0. The van der Waals surface area contributed by atoms with E-state index < -0.39 is 5.97 Å². The molecule has 1 N–H and O–H groups in total. The molecule has 1 aliphatic rings. The van der Waals surface area contributed by atoms with E-state index in [1.807, 2.05) is 0 Å². The summed E-state index contributed by atoms with van der Waals surface area (Å²) in [4.78, 5) is 13.4. The van der Waals surface area contributed by atoms with Gasteiger partial charge in [-0.15, -0.1) is 0 Å². The standard InChI is InChI=1S/C12H23NO2/c1-8(2)5-11-10(12(14)15)6-9(3)7-13(11)4/h8-11H,5-7H2,1-4H3,(H,14,15). The zero-order valence-electron chi connectivity index (χ0n) is 10.2. The Morgan fingerprint density at radius 1 is 1.53 bits per heavy atom. The Kier molecular flexibility index (Phi) is 4.14. The Labute approximate surface area is 92.5 Å². The summed E-state index contributed by atoms with van der Waals surface area (Å²) in [6, 6.07) is 0.221. The Morgan fingerprint density at radius 2 is 2.13 bits per heavy atom. The highest BCUT2D eigenvalue weighted by molar-refractivity contribution is 5.71. The fraction of sp³-hybridized carbons (Fsp3) is 0.917. The first-order valence-corrected chi connectivity index (χ1v) is 5.84. The highest BCUT2D eigenvalue weighted by Gasteiger charge is 2.37. The topological polar surface area (TPSA) is 40.5 Å². The summed E-state index contributed by atoms with van der Waals surface area (Å²) in [5, 5.41) is 9.23. The van der Waals surface area contributed by atoms with Gasteiger partial charge < -0.3 is 10.0 Å². The number of carboxylic acids is 1. The third kappa shape index (κ3) is 3.20. The zero-order chi connectivity index (χ0) is 11.6. The monoisotopic (exact) mass is 213 g/mol. The van der Waals surface area contributed by atoms with Crippen molar-refractivity contribution in [3.8, 4) is 0 Å². The van der Waals surface area contributed by atoms with Crippen molar-refractivity contribution < 1.29 is 9.90 Å². The molecule has 1 rings (SSSR count). The number of carbonyl (C=O) groups is 1. The van der Waals surface area contributed by atoms with Gasteiger partial charge >= 0.3 is 5.97 Å². The predicted molar refractivity (Wildman–Crippen MR) is 60.8 cm³/mol. The molecule has 88 valence electrons. The Balaban J connectivity index is 2.73. The molecule has 0 bridgehead atoms. The maximum absolute atomic E-state index is 11.2. The molecule has 0 spiro atoms. The van der Waals surface area contributed by atoms with Gasteiger partial charge in [-0.05, 0) is 31.7 Å². The molecule has 1 fully saturated rings. The van der Waals surface area contributed by atoms with E-state index in [-0.39, 0.29) is 12.0 Å². The normalized spacial score (nSPS) is 33.3. The zero-order valence-corrected chi connectivity index (χ0v) is 10.2. The fourth-order valence-electron chi connectivity index (χ4n) is 2.69. The van der Waals surface area contributed by atoms with Gasteiger partial charge in [0.15, 0.2) is 0 Å². The van der Waals surface area contributed by atoms with Crippen molar-refractivity contribution >= 4 is 5.97 Å². The number of hydrogen-bond acceptors (Lipinski definition) is 2. The van der Waals surface area contributed by atoms with Crippen LogP contribution >= 0.6 is 0 Å². The van der Waals surface area contributed by atoms with Crippen molar-refractivity contribution in [2.75, 3.05) is 13.6 Å². The van der Waals surface area contributed by atoms with Crippen molar-refractivity contribution in [3.63, 3.8) is 0 Å². The lowest BCUT2D eigenvalue weighted by atomic mass is 9.81. The van der Waals surface area contributed by atoms with Gasteiger partial charge in [0.05, 0.1) is 5.92 Å². The summed E-state index contributed by atoms with van der Waals surface area (Å²) in [7, 11) is 2.05. The van der Waals surface area contributed by atoms with E-state index in [0.717, 1.165) is 19.4 Å². The van der Waals surface area contributed by atoms with Gasteiger partial charge in [0.2, 0.25) is 0 Å². The van der Waals surface area contributed by atoms with Crippen molar-refractivity contribution in [2.24, 2.45) is 17.8 Å². The molecular formula is C12H23NO2. The number of likely N-dealkylation sites (tertiary alicyclic amines) is 1. The van der Waals surface area contributed by atoms with Crippen molar-refractivity contribution in [1.29, 1.82) is 0 Å². The number of carboxylic acid groups (broad SMARTS) is 1. The molecular weight excluding hydrogens is 190 g/mol. The van der Waals surface area contributed by atoms with Gasteiger partial charge in [0, 0.05) is 12.6 Å². The number of piperidine rings is 1. The maximum Gasteiger partial charge on any atom is 0.308 e. The number of aliphatic carboxylic acids is 1. The highest BCUT2D eigenvalue weighted by atomic mass is 16.4. The molecule has 1 heterocycles. The van der Waals surface area contributed by atoms with E-state index in [0.29, 0.717) is 11.8 Å². The smallest absolute Gasteiger partial charge is 0.308 e. The molecule has 0 aromatic carbocycles. The van der Waals surface area contributed by atoms with Crippen LogP contribution in [-0.2, 0) is 4.79 Å². The molecule has 3 heteroatoms. The average Bonchev–Trinajstić information content (AvgIpc) is 2.08. The third-order valence-electron chi connectivity index (χ3n) is 3.32. The van der Waals surface area contributed by atoms with Gasteiger partial charge in [-0.2, -0.15) is 0 Å². The minimum atomic E-state index is -0.626. The van der Waals surface area contributed by atoms with Gasteiger partial charge in [0.25, 0.3) is 0 Å². The summed E-state index contributed by atoms with van der Waals surface area (Å²) in [5.74, 6) is 0.257. The van der Waals surface area contributed by atoms with Crippen LogP contribution in [0.5, 0.6) is 0 Å². The average molecular weight is 213 g/mol. The van der Waals surface area contributed by atoms with E-state index in [9.17, 15) is 9.90 Å². The SMILES string of the molecule is CC(C)CC1C(C(=O)O)CC(C)CN1C. The van der Waals surface area contributed by atoms with Crippen LogP contribution in [0, 0.1) is 17.8 Å². The molecule has 0 aromatic heterocycles. The molecule has 15 heavy (non-hydrogen) atoms. The first kappa shape index (κ1) is 12.5. The van der Waals surface area contributed by atoms with Crippen LogP contribution in [0.3, 0.4) is 0 Å². The Bertz CT molecular complexity index is 228. The summed E-state index contributed by atoms with van der Waals surface area (Å²) in [6.45, 7) is 7.48. The molecule has 1 saturated heterocycles. The van der Waals surface area contributed by atoms with Crippen LogP contribution in [0.2, 0.25) is 0 Å². The number of nitrogens with zero attached hydrogens (tertiary/aromatic N) is 1. The fourth-order valence-corrected chi connectivity index (χ4v) is 2.69. The lowest BCUT2D eigenvalue weighted by molar-refractivity contribution is -0.147. The largest absolute Gasteiger partial charge is 0.481 e. The van der Waals surface area contributed by atoms with Crippen LogP contribution in [-0.4, -0.2) is 35.6 Å². The first-order chi connectivity index (χ1) is 6.91. The summed E-state index contributed by atoms with van der Waals surface area (Å²) >= 11 is 0.